The van der Waals surface area contributed by atoms with E-state index in [0.717, 1.165) is 38.0 Å². The largest absolute Gasteiger partial charge is 0.313 e. The number of aromatic nitrogens is 1. The van der Waals surface area contributed by atoms with Gasteiger partial charge in [0, 0.05) is 43.4 Å². The first-order valence-electron chi connectivity index (χ1n) is 7.73. The third-order valence-corrected chi connectivity index (χ3v) is 4.27. The predicted octanol–water partition coefficient (Wildman–Crippen LogP) is 1.92. The summed E-state index contributed by atoms with van der Waals surface area (Å²) in [7, 11) is 2.14. The summed E-state index contributed by atoms with van der Waals surface area (Å²) in [5.41, 5.74) is 3.68. The molecule has 0 spiro atoms. The van der Waals surface area contributed by atoms with Crippen molar-refractivity contribution < 1.29 is 0 Å². The minimum Gasteiger partial charge on any atom is -0.313 e. The van der Waals surface area contributed by atoms with Gasteiger partial charge in [0.25, 0.3) is 5.56 Å². The maximum absolute atomic E-state index is 12.7. The predicted molar refractivity (Wildman–Crippen MR) is 83.1 cm³/mol. The topological polar surface area (TPSA) is 37.3 Å². The molecule has 2 rings (SSSR count). The number of hydrogen-bond donors (Lipinski definition) is 1. The number of likely N-dealkylation sites (N-methyl/N-ethyl adjacent to an activating group) is 1. The summed E-state index contributed by atoms with van der Waals surface area (Å²) in [4.78, 5) is 15.1. The molecule has 1 unspecified atom stereocenters. The van der Waals surface area contributed by atoms with Gasteiger partial charge < -0.3 is 14.8 Å². The van der Waals surface area contributed by atoms with Crippen molar-refractivity contribution in [2.45, 2.75) is 52.7 Å². The second-order valence-corrected chi connectivity index (χ2v) is 5.84. The van der Waals surface area contributed by atoms with E-state index in [2.05, 4.69) is 48.7 Å². The van der Waals surface area contributed by atoms with E-state index in [1.165, 1.54) is 11.3 Å². The van der Waals surface area contributed by atoms with E-state index < -0.39 is 0 Å². The normalized spacial score (nSPS) is 17.0. The number of rotatable bonds is 5. The van der Waals surface area contributed by atoms with Crippen molar-refractivity contribution >= 4 is 0 Å². The van der Waals surface area contributed by atoms with E-state index in [1.807, 2.05) is 0 Å². The Kier molecular flexibility index (Phi) is 5.00. The fourth-order valence-electron chi connectivity index (χ4n) is 2.91. The van der Waals surface area contributed by atoms with Crippen LogP contribution in [0.15, 0.2) is 10.9 Å². The van der Waals surface area contributed by atoms with Gasteiger partial charge in [-0.3, -0.25) is 4.79 Å². The van der Waals surface area contributed by atoms with Crippen molar-refractivity contribution in [3.8, 4) is 0 Å². The van der Waals surface area contributed by atoms with E-state index in [1.54, 1.807) is 0 Å². The summed E-state index contributed by atoms with van der Waals surface area (Å²) in [6.45, 7) is 9.91. The molecule has 0 bridgehead atoms. The van der Waals surface area contributed by atoms with Crippen LogP contribution in [0, 0.1) is 0 Å². The first-order valence-corrected chi connectivity index (χ1v) is 7.73. The Morgan fingerprint density at radius 3 is 2.80 bits per heavy atom. The average molecular weight is 277 g/mol. The molecular formula is C16H27N3O. The third-order valence-electron chi connectivity index (χ3n) is 4.27. The molecule has 1 N–H and O–H groups in total. The quantitative estimate of drug-likeness (QED) is 0.893. The second kappa shape index (κ2) is 6.55. The number of fused-ring (bicyclic) bond motifs is 1. The highest BCUT2D eigenvalue weighted by molar-refractivity contribution is 5.29. The third kappa shape index (κ3) is 2.96. The van der Waals surface area contributed by atoms with Crippen LogP contribution >= 0.6 is 0 Å². The molecule has 1 aliphatic heterocycles. The first-order chi connectivity index (χ1) is 9.58. The molecular weight excluding hydrogens is 250 g/mol. The Balaban J connectivity index is 2.51. The summed E-state index contributed by atoms with van der Waals surface area (Å²) >= 11 is 0. The van der Waals surface area contributed by atoms with Gasteiger partial charge in [-0.1, -0.05) is 13.8 Å². The van der Waals surface area contributed by atoms with Crippen LogP contribution < -0.4 is 10.9 Å². The molecule has 0 aliphatic carbocycles. The maximum Gasteiger partial charge on any atom is 0.255 e. The minimum absolute atomic E-state index is 0.198. The molecule has 0 aromatic carbocycles. The Labute approximate surface area is 121 Å². The van der Waals surface area contributed by atoms with Crippen LogP contribution in [0.2, 0.25) is 0 Å². The Morgan fingerprint density at radius 2 is 2.15 bits per heavy atom. The van der Waals surface area contributed by atoms with Crippen molar-refractivity contribution in [3.05, 3.63) is 33.2 Å². The lowest BCUT2D eigenvalue weighted by Gasteiger charge is -2.30. The fraction of sp³-hybridized carbons (Fsp3) is 0.688. The van der Waals surface area contributed by atoms with Gasteiger partial charge in [0.2, 0.25) is 0 Å². The number of hydrogen-bond acceptors (Lipinski definition) is 3. The van der Waals surface area contributed by atoms with Crippen LogP contribution in [0.25, 0.3) is 0 Å². The van der Waals surface area contributed by atoms with Crippen LogP contribution in [0.5, 0.6) is 0 Å². The second-order valence-electron chi connectivity index (χ2n) is 5.84. The standard InChI is InChI=1S/C16H27N3O/c1-5-12(3)19-15-7-8-18(4)11-14(15)9-13(16(19)20)10-17-6-2/h9,12,17H,5-8,10-11H2,1-4H3. The Bertz CT molecular complexity index is 521. The van der Waals surface area contributed by atoms with Crippen LogP contribution in [-0.4, -0.2) is 29.6 Å². The molecule has 1 aliphatic rings. The van der Waals surface area contributed by atoms with Gasteiger partial charge >= 0.3 is 0 Å². The van der Waals surface area contributed by atoms with Crippen molar-refractivity contribution in [2.24, 2.45) is 0 Å². The fourth-order valence-corrected chi connectivity index (χ4v) is 2.91. The van der Waals surface area contributed by atoms with E-state index in [9.17, 15) is 4.79 Å². The number of pyridine rings is 1. The number of nitrogens with zero attached hydrogens (tertiary/aromatic N) is 2. The van der Waals surface area contributed by atoms with E-state index in [-0.39, 0.29) is 11.6 Å². The van der Waals surface area contributed by atoms with Gasteiger partial charge in [-0.05, 0) is 38.6 Å². The van der Waals surface area contributed by atoms with E-state index in [0.29, 0.717) is 6.54 Å². The van der Waals surface area contributed by atoms with Gasteiger partial charge in [0.1, 0.15) is 0 Å². The van der Waals surface area contributed by atoms with Crippen molar-refractivity contribution in [1.29, 1.82) is 0 Å². The summed E-state index contributed by atoms with van der Waals surface area (Å²) in [5.74, 6) is 0. The molecule has 2 heterocycles. The molecule has 0 saturated heterocycles. The summed E-state index contributed by atoms with van der Waals surface area (Å²) in [6, 6.07) is 2.40. The highest BCUT2D eigenvalue weighted by Gasteiger charge is 2.21. The molecule has 4 heteroatoms. The minimum atomic E-state index is 0.198. The van der Waals surface area contributed by atoms with Crippen LogP contribution in [-0.2, 0) is 19.5 Å². The molecule has 112 valence electrons. The van der Waals surface area contributed by atoms with Crippen molar-refractivity contribution in [2.75, 3.05) is 20.1 Å². The molecule has 0 radical (unpaired) electrons. The van der Waals surface area contributed by atoms with Crippen molar-refractivity contribution in [3.63, 3.8) is 0 Å². The zero-order chi connectivity index (χ0) is 14.7. The van der Waals surface area contributed by atoms with Crippen LogP contribution in [0.3, 0.4) is 0 Å². The Hall–Kier alpha value is -1.13. The smallest absolute Gasteiger partial charge is 0.255 e. The highest BCUT2D eigenvalue weighted by Crippen LogP contribution is 2.21. The summed E-state index contributed by atoms with van der Waals surface area (Å²) < 4.78 is 2.05. The van der Waals surface area contributed by atoms with Gasteiger partial charge in [-0.2, -0.15) is 0 Å². The maximum atomic E-state index is 12.7. The SMILES string of the molecule is CCNCc1cc2c(n(C(C)CC)c1=O)CCN(C)C2. The van der Waals surface area contributed by atoms with E-state index >= 15 is 0 Å². The lowest BCUT2D eigenvalue weighted by Crippen LogP contribution is -2.37. The molecule has 0 amide bonds. The van der Waals surface area contributed by atoms with Crippen LogP contribution in [0.4, 0.5) is 0 Å². The monoisotopic (exact) mass is 277 g/mol. The molecule has 1 aromatic rings. The van der Waals surface area contributed by atoms with Gasteiger partial charge in [0.15, 0.2) is 0 Å². The lowest BCUT2D eigenvalue weighted by atomic mass is 10.0. The average Bonchev–Trinajstić information content (AvgIpc) is 2.44. The molecule has 0 fully saturated rings. The summed E-state index contributed by atoms with van der Waals surface area (Å²) in [6.07, 6.45) is 1.97. The lowest BCUT2D eigenvalue weighted by molar-refractivity contribution is 0.299. The highest BCUT2D eigenvalue weighted by atomic mass is 16.1. The van der Waals surface area contributed by atoms with Gasteiger partial charge in [0.05, 0.1) is 0 Å². The van der Waals surface area contributed by atoms with Gasteiger partial charge in [-0.25, -0.2) is 0 Å². The van der Waals surface area contributed by atoms with Crippen LogP contribution in [0.1, 0.15) is 50.1 Å². The number of nitrogens with one attached hydrogen (secondary N) is 1. The van der Waals surface area contributed by atoms with E-state index in [4.69, 9.17) is 0 Å². The molecule has 1 aromatic heterocycles. The molecule has 0 saturated carbocycles. The molecule has 1 atom stereocenters. The first kappa shape index (κ1) is 15.3. The van der Waals surface area contributed by atoms with Crippen molar-refractivity contribution in [1.82, 2.24) is 14.8 Å². The van der Waals surface area contributed by atoms with Gasteiger partial charge in [-0.15, -0.1) is 0 Å². The Morgan fingerprint density at radius 1 is 1.40 bits per heavy atom. The zero-order valence-electron chi connectivity index (χ0n) is 13.2. The molecule has 4 nitrogen and oxygen atoms in total. The molecule has 20 heavy (non-hydrogen) atoms. The zero-order valence-corrected chi connectivity index (χ0v) is 13.2. The summed E-state index contributed by atoms with van der Waals surface area (Å²) in [5, 5.41) is 3.28.